The predicted molar refractivity (Wildman–Crippen MR) is 78.4 cm³/mol. The number of carbonyl (C=O) groups excluding carboxylic acids is 1. The third-order valence-electron chi connectivity index (χ3n) is 2.87. The number of hydrogen-bond donors (Lipinski definition) is 1. The number of anilines is 1. The van der Waals surface area contributed by atoms with E-state index in [0.29, 0.717) is 17.0 Å². The molecule has 0 radical (unpaired) electrons. The van der Waals surface area contributed by atoms with Crippen molar-refractivity contribution in [2.75, 3.05) is 12.4 Å². The number of methoxy groups -OCH3 is 1. The van der Waals surface area contributed by atoms with Crippen molar-refractivity contribution < 1.29 is 23.0 Å². The molecular formula is C16H15F2NO3. The molecule has 2 aromatic carbocycles. The molecule has 0 bridgehead atoms. The Morgan fingerprint density at radius 1 is 1.14 bits per heavy atom. The number of hydrogen-bond acceptors (Lipinski definition) is 3. The standard InChI is InChI=1S/C16H15F2NO3/c1-21-14-4-2-3-12(10-14)19-15(20)9-11-5-7-13(8-6-11)22-16(17)18/h2-8,10,16H,9H2,1H3,(H,19,20). The van der Waals surface area contributed by atoms with Gasteiger partial charge in [-0.25, -0.2) is 0 Å². The summed E-state index contributed by atoms with van der Waals surface area (Å²) < 4.78 is 33.4. The van der Waals surface area contributed by atoms with Crippen LogP contribution >= 0.6 is 0 Å². The maximum Gasteiger partial charge on any atom is 0.387 e. The Morgan fingerprint density at radius 2 is 1.86 bits per heavy atom. The summed E-state index contributed by atoms with van der Waals surface area (Å²) in [5.74, 6) is 0.494. The molecule has 0 heterocycles. The number of halogens is 2. The highest BCUT2D eigenvalue weighted by molar-refractivity contribution is 5.92. The highest BCUT2D eigenvalue weighted by Crippen LogP contribution is 2.18. The van der Waals surface area contributed by atoms with Crippen LogP contribution in [-0.4, -0.2) is 19.6 Å². The first-order valence-electron chi connectivity index (χ1n) is 6.54. The molecule has 1 amide bonds. The van der Waals surface area contributed by atoms with Gasteiger partial charge in [-0.2, -0.15) is 8.78 Å². The first kappa shape index (κ1) is 15.8. The molecule has 0 saturated heterocycles. The van der Waals surface area contributed by atoms with E-state index in [9.17, 15) is 13.6 Å². The summed E-state index contributed by atoms with van der Waals surface area (Å²) in [5.41, 5.74) is 1.32. The Kier molecular flexibility index (Phi) is 5.30. The molecule has 0 saturated carbocycles. The SMILES string of the molecule is COc1cccc(NC(=O)Cc2ccc(OC(F)F)cc2)c1. The van der Waals surface area contributed by atoms with Crippen LogP contribution in [-0.2, 0) is 11.2 Å². The van der Waals surface area contributed by atoms with Crippen LogP contribution in [0.2, 0.25) is 0 Å². The lowest BCUT2D eigenvalue weighted by Crippen LogP contribution is -2.14. The summed E-state index contributed by atoms with van der Waals surface area (Å²) in [6, 6.07) is 13.0. The van der Waals surface area contributed by atoms with E-state index in [2.05, 4.69) is 10.1 Å². The highest BCUT2D eigenvalue weighted by Gasteiger charge is 2.07. The minimum Gasteiger partial charge on any atom is -0.497 e. The molecule has 4 nitrogen and oxygen atoms in total. The second-order valence-electron chi connectivity index (χ2n) is 4.48. The maximum atomic E-state index is 12.0. The topological polar surface area (TPSA) is 47.6 Å². The van der Waals surface area contributed by atoms with Crippen LogP contribution in [0.1, 0.15) is 5.56 Å². The zero-order valence-corrected chi connectivity index (χ0v) is 11.9. The normalized spacial score (nSPS) is 10.4. The molecule has 0 aliphatic carbocycles. The Morgan fingerprint density at radius 3 is 2.50 bits per heavy atom. The molecular weight excluding hydrogens is 292 g/mol. The van der Waals surface area contributed by atoms with Gasteiger partial charge in [0.15, 0.2) is 0 Å². The van der Waals surface area contributed by atoms with Crippen molar-refractivity contribution in [3.63, 3.8) is 0 Å². The molecule has 0 aliphatic heterocycles. The zero-order chi connectivity index (χ0) is 15.9. The first-order valence-corrected chi connectivity index (χ1v) is 6.54. The second-order valence-corrected chi connectivity index (χ2v) is 4.48. The zero-order valence-electron chi connectivity index (χ0n) is 11.9. The van der Waals surface area contributed by atoms with Gasteiger partial charge >= 0.3 is 6.61 Å². The molecule has 0 spiro atoms. The summed E-state index contributed by atoms with van der Waals surface area (Å²) in [7, 11) is 1.55. The fourth-order valence-corrected chi connectivity index (χ4v) is 1.88. The van der Waals surface area contributed by atoms with Gasteiger partial charge in [-0.1, -0.05) is 18.2 Å². The van der Waals surface area contributed by atoms with Crippen molar-refractivity contribution in [2.45, 2.75) is 13.0 Å². The Bertz CT molecular complexity index is 630. The molecule has 0 unspecified atom stereocenters. The van der Waals surface area contributed by atoms with Crippen molar-refractivity contribution in [2.24, 2.45) is 0 Å². The van der Waals surface area contributed by atoms with Gasteiger partial charge in [0.25, 0.3) is 0 Å². The third-order valence-corrected chi connectivity index (χ3v) is 2.87. The van der Waals surface area contributed by atoms with Gasteiger partial charge in [-0.15, -0.1) is 0 Å². The third kappa shape index (κ3) is 4.73. The van der Waals surface area contributed by atoms with Crippen LogP contribution in [0.4, 0.5) is 14.5 Å². The average Bonchev–Trinajstić information content (AvgIpc) is 2.49. The van der Waals surface area contributed by atoms with Gasteiger partial charge in [0.05, 0.1) is 13.5 Å². The fourth-order valence-electron chi connectivity index (χ4n) is 1.88. The summed E-state index contributed by atoms with van der Waals surface area (Å²) in [4.78, 5) is 11.9. The van der Waals surface area contributed by atoms with E-state index < -0.39 is 6.61 Å². The number of amides is 1. The highest BCUT2D eigenvalue weighted by atomic mass is 19.3. The first-order chi connectivity index (χ1) is 10.6. The Balaban J connectivity index is 1.93. The van der Waals surface area contributed by atoms with Crippen LogP contribution in [0.25, 0.3) is 0 Å². The molecule has 6 heteroatoms. The van der Waals surface area contributed by atoms with Crippen molar-refractivity contribution in [3.05, 3.63) is 54.1 Å². The van der Waals surface area contributed by atoms with Gasteiger partial charge in [-0.3, -0.25) is 4.79 Å². The minimum atomic E-state index is -2.86. The number of nitrogens with one attached hydrogen (secondary N) is 1. The average molecular weight is 307 g/mol. The van der Waals surface area contributed by atoms with Gasteiger partial charge in [-0.05, 0) is 29.8 Å². The second kappa shape index (κ2) is 7.40. The summed E-state index contributed by atoms with van der Waals surface area (Å²) in [5, 5.41) is 2.74. The van der Waals surface area contributed by atoms with Crippen molar-refractivity contribution in [3.8, 4) is 11.5 Å². The van der Waals surface area contributed by atoms with Gasteiger partial charge < -0.3 is 14.8 Å². The van der Waals surface area contributed by atoms with Crippen LogP contribution in [0.5, 0.6) is 11.5 Å². The Hall–Kier alpha value is -2.63. The molecule has 0 aliphatic rings. The monoisotopic (exact) mass is 307 g/mol. The van der Waals surface area contributed by atoms with E-state index >= 15 is 0 Å². The van der Waals surface area contributed by atoms with E-state index in [4.69, 9.17) is 4.74 Å². The lowest BCUT2D eigenvalue weighted by atomic mass is 10.1. The molecule has 1 N–H and O–H groups in total. The van der Waals surface area contributed by atoms with Gasteiger partial charge in [0, 0.05) is 11.8 Å². The number of alkyl halides is 2. The largest absolute Gasteiger partial charge is 0.497 e. The lowest BCUT2D eigenvalue weighted by Gasteiger charge is -2.08. The quantitative estimate of drug-likeness (QED) is 0.889. The molecule has 0 fully saturated rings. The van der Waals surface area contributed by atoms with Crippen molar-refractivity contribution >= 4 is 11.6 Å². The molecule has 2 aromatic rings. The predicted octanol–water partition coefficient (Wildman–Crippen LogP) is 3.48. The summed E-state index contributed by atoms with van der Waals surface area (Å²) in [6.07, 6.45) is 0.131. The molecule has 22 heavy (non-hydrogen) atoms. The van der Waals surface area contributed by atoms with Gasteiger partial charge in [0.2, 0.25) is 5.91 Å². The van der Waals surface area contributed by atoms with E-state index in [1.54, 1.807) is 43.5 Å². The van der Waals surface area contributed by atoms with Crippen molar-refractivity contribution in [1.29, 1.82) is 0 Å². The van der Waals surface area contributed by atoms with Crippen LogP contribution in [0.3, 0.4) is 0 Å². The summed E-state index contributed by atoms with van der Waals surface area (Å²) in [6.45, 7) is -2.86. The van der Waals surface area contributed by atoms with E-state index in [-0.39, 0.29) is 18.1 Å². The van der Waals surface area contributed by atoms with Crippen LogP contribution in [0.15, 0.2) is 48.5 Å². The van der Waals surface area contributed by atoms with Crippen molar-refractivity contribution in [1.82, 2.24) is 0 Å². The number of carbonyl (C=O) groups is 1. The smallest absolute Gasteiger partial charge is 0.387 e. The van der Waals surface area contributed by atoms with Gasteiger partial charge in [0.1, 0.15) is 11.5 Å². The number of benzene rings is 2. The van der Waals surface area contributed by atoms with E-state index in [1.165, 1.54) is 12.1 Å². The summed E-state index contributed by atoms with van der Waals surface area (Å²) >= 11 is 0. The number of ether oxygens (including phenoxy) is 2. The molecule has 2 rings (SSSR count). The van der Waals surface area contributed by atoms with E-state index in [0.717, 1.165) is 0 Å². The van der Waals surface area contributed by atoms with Crippen LogP contribution < -0.4 is 14.8 Å². The van der Waals surface area contributed by atoms with Crippen LogP contribution in [0, 0.1) is 0 Å². The lowest BCUT2D eigenvalue weighted by molar-refractivity contribution is -0.115. The molecule has 116 valence electrons. The number of rotatable bonds is 6. The molecule has 0 aromatic heterocycles. The van der Waals surface area contributed by atoms with E-state index in [1.807, 2.05) is 0 Å². The fraction of sp³-hybridized carbons (Fsp3) is 0.188. The molecule has 0 atom stereocenters. The Labute approximate surface area is 126 Å². The minimum absolute atomic E-state index is 0.0620. The maximum absolute atomic E-state index is 12.0.